The molecule has 1 amide bonds. The summed E-state index contributed by atoms with van der Waals surface area (Å²) in [6.45, 7) is 2.16. The monoisotopic (exact) mass is 327 g/mol. The predicted octanol–water partition coefficient (Wildman–Crippen LogP) is 2.64. The lowest BCUT2D eigenvalue weighted by Gasteiger charge is -2.25. The maximum absolute atomic E-state index is 12.4. The minimum absolute atomic E-state index is 0.125. The summed E-state index contributed by atoms with van der Waals surface area (Å²) >= 11 is 0. The zero-order valence-corrected chi connectivity index (χ0v) is 13.2. The molecule has 1 atom stereocenters. The Kier molecular flexibility index (Phi) is 4.65. The zero-order valence-electron chi connectivity index (χ0n) is 13.2. The number of fused-ring (bicyclic) bond motifs is 1. The van der Waals surface area contributed by atoms with Crippen LogP contribution < -0.4 is 14.8 Å². The van der Waals surface area contributed by atoms with Gasteiger partial charge < -0.3 is 19.5 Å². The molecule has 0 aliphatic carbocycles. The number of rotatable bonds is 4. The van der Waals surface area contributed by atoms with E-state index in [1.807, 2.05) is 12.1 Å². The number of carbonyl (C=O) groups excluding carboxylic acids is 2. The van der Waals surface area contributed by atoms with Crippen molar-refractivity contribution in [2.75, 3.05) is 18.5 Å². The van der Waals surface area contributed by atoms with Crippen LogP contribution in [0, 0.1) is 0 Å². The van der Waals surface area contributed by atoms with Crippen LogP contribution in [-0.4, -0.2) is 31.2 Å². The molecular formula is C18H17NO5. The quantitative estimate of drug-likeness (QED) is 0.874. The number of esters is 1. The van der Waals surface area contributed by atoms with Gasteiger partial charge in [0.1, 0.15) is 6.61 Å². The first-order chi connectivity index (χ1) is 11.7. The average molecular weight is 327 g/mol. The van der Waals surface area contributed by atoms with E-state index in [0.717, 1.165) is 0 Å². The largest absolute Gasteiger partial charge is 0.485 e. The molecule has 2 aromatic carbocycles. The van der Waals surface area contributed by atoms with E-state index in [4.69, 9.17) is 14.2 Å². The Labute approximate surface area is 139 Å². The lowest BCUT2D eigenvalue weighted by Crippen LogP contribution is -2.40. The van der Waals surface area contributed by atoms with Gasteiger partial charge in [0.25, 0.3) is 5.91 Å². The molecule has 0 bridgehead atoms. The summed E-state index contributed by atoms with van der Waals surface area (Å²) in [4.78, 5) is 24.1. The van der Waals surface area contributed by atoms with E-state index >= 15 is 0 Å². The Balaban J connectivity index is 1.67. The average Bonchev–Trinajstić information content (AvgIpc) is 2.61. The molecule has 6 nitrogen and oxygen atoms in total. The normalized spacial score (nSPS) is 15.5. The first-order valence-corrected chi connectivity index (χ1v) is 7.64. The molecule has 0 spiro atoms. The van der Waals surface area contributed by atoms with Crippen molar-refractivity contribution in [2.45, 2.75) is 13.0 Å². The second kappa shape index (κ2) is 7.04. The summed E-state index contributed by atoms with van der Waals surface area (Å²) in [6, 6.07) is 13.7. The number of para-hydroxylation sites is 2. The summed E-state index contributed by atoms with van der Waals surface area (Å²) in [5, 5.41) is 2.73. The number of anilines is 1. The Morgan fingerprint density at radius 3 is 2.75 bits per heavy atom. The number of hydrogen-bond acceptors (Lipinski definition) is 5. The van der Waals surface area contributed by atoms with E-state index < -0.39 is 12.1 Å². The van der Waals surface area contributed by atoms with E-state index in [9.17, 15) is 9.59 Å². The third-order valence-corrected chi connectivity index (χ3v) is 3.44. The van der Waals surface area contributed by atoms with Crippen LogP contribution in [0.2, 0.25) is 0 Å². The van der Waals surface area contributed by atoms with Crippen molar-refractivity contribution in [3.8, 4) is 11.5 Å². The molecule has 0 aromatic heterocycles. The molecule has 0 unspecified atom stereocenters. The van der Waals surface area contributed by atoms with Crippen LogP contribution in [0.1, 0.15) is 17.3 Å². The summed E-state index contributed by atoms with van der Waals surface area (Å²) in [6.07, 6.45) is -0.758. The highest BCUT2D eigenvalue weighted by Gasteiger charge is 2.27. The molecule has 3 rings (SSSR count). The molecular weight excluding hydrogens is 310 g/mol. The number of benzene rings is 2. The van der Waals surface area contributed by atoms with Gasteiger partial charge in [-0.3, -0.25) is 4.79 Å². The molecule has 0 radical (unpaired) electrons. The number of carbonyl (C=O) groups is 2. The Bertz CT molecular complexity index is 759. The lowest BCUT2D eigenvalue weighted by atomic mass is 10.2. The minimum atomic E-state index is -0.758. The van der Waals surface area contributed by atoms with Crippen molar-refractivity contribution in [3.63, 3.8) is 0 Å². The Morgan fingerprint density at radius 1 is 1.17 bits per heavy atom. The zero-order chi connectivity index (χ0) is 16.9. The van der Waals surface area contributed by atoms with Crippen LogP contribution >= 0.6 is 0 Å². The van der Waals surface area contributed by atoms with Crippen molar-refractivity contribution >= 4 is 17.6 Å². The molecule has 6 heteroatoms. The molecule has 1 aliphatic heterocycles. The molecule has 2 aromatic rings. The van der Waals surface area contributed by atoms with Gasteiger partial charge in [0, 0.05) is 5.69 Å². The minimum Gasteiger partial charge on any atom is -0.485 e. The van der Waals surface area contributed by atoms with E-state index in [1.165, 1.54) is 0 Å². The number of nitrogens with one attached hydrogen (secondary N) is 1. The van der Waals surface area contributed by atoms with Gasteiger partial charge in [-0.15, -0.1) is 0 Å². The summed E-state index contributed by atoms with van der Waals surface area (Å²) in [5.74, 6) is 0.375. The lowest BCUT2D eigenvalue weighted by molar-refractivity contribution is -0.125. The van der Waals surface area contributed by atoms with Crippen LogP contribution in [0.5, 0.6) is 11.5 Å². The van der Waals surface area contributed by atoms with Crippen molar-refractivity contribution < 1.29 is 23.8 Å². The van der Waals surface area contributed by atoms with Crippen LogP contribution in [0.25, 0.3) is 0 Å². The molecule has 24 heavy (non-hydrogen) atoms. The fraction of sp³-hybridized carbons (Fsp3) is 0.222. The Morgan fingerprint density at radius 2 is 1.96 bits per heavy atom. The second-order valence-electron chi connectivity index (χ2n) is 5.15. The highest BCUT2D eigenvalue weighted by Crippen LogP contribution is 2.31. The molecule has 0 fully saturated rings. The first-order valence-electron chi connectivity index (χ1n) is 7.64. The van der Waals surface area contributed by atoms with Crippen molar-refractivity contribution in [1.29, 1.82) is 0 Å². The predicted molar refractivity (Wildman–Crippen MR) is 87.4 cm³/mol. The fourth-order valence-corrected chi connectivity index (χ4v) is 2.31. The van der Waals surface area contributed by atoms with Gasteiger partial charge in [0.15, 0.2) is 11.5 Å². The van der Waals surface area contributed by atoms with E-state index in [-0.39, 0.29) is 12.5 Å². The number of ether oxygens (including phenoxy) is 3. The molecule has 124 valence electrons. The highest BCUT2D eigenvalue weighted by molar-refractivity contribution is 5.96. The Hall–Kier alpha value is -3.02. The summed E-state index contributed by atoms with van der Waals surface area (Å²) in [7, 11) is 0. The van der Waals surface area contributed by atoms with E-state index in [1.54, 1.807) is 43.3 Å². The standard InChI is InChI=1S/C18H17NO5/c1-2-22-18(21)12-6-5-7-13(10-12)19-17(20)16-11-23-14-8-3-4-9-15(14)24-16/h3-10,16H,2,11H2,1H3,(H,19,20)/t16-/m0/s1. The molecule has 0 saturated heterocycles. The van der Waals surface area contributed by atoms with Crippen LogP contribution in [0.15, 0.2) is 48.5 Å². The van der Waals surface area contributed by atoms with Gasteiger partial charge in [-0.05, 0) is 37.3 Å². The van der Waals surface area contributed by atoms with Gasteiger partial charge in [-0.25, -0.2) is 4.79 Å². The van der Waals surface area contributed by atoms with Gasteiger partial charge in [-0.2, -0.15) is 0 Å². The maximum Gasteiger partial charge on any atom is 0.338 e. The van der Waals surface area contributed by atoms with Gasteiger partial charge in [-0.1, -0.05) is 18.2 Å². The summed E-state index contributed by atoms with van der Waals surface area (Å²) in [5.41, 5.74) is 0.869. The van der Waals surface area contributed by atoms with Gasteiger partial charge in [0.2, 0.25) is 6.10 Å². The van der Waals surface area contributed by atoms with Crippen molar-refractivity contribution in [1.82, 2.24) is 0 Å². The summed E-state index contributed by atoms with van der Waals surface area (Å²) < 4.78 is 16.1. The van der Waals surface area contributed by atoms with E-state index in [0.29, 0.717) is 29.4 Å². The topological polar surface area (TPSA) is 73.9 Å². The second-order valence-corrected chi connectivity index (χ2v) is 5.15. The van der Waals surface area contributed by atoms with Gasteiger partial charge >= 0.3 is 5.97 Å². The fourth-order valence-electron chi connectivity index (χ4n) is 2.31. The third-order valence-electron chi connectivity index (χ3n) is 3.44. The third kappa shape index (κ3) is 3.48. The van der Waals surface area contributed by atoms with Crippen molar-refractivity contribution in [2.24, 2.45) is 0 Å². The number of amides is 1. The molecule has 1 aliphatic rings. The highest BCUT2D eigenvalue weighted by atomic mass is 16.6. The van der Waals surface area contributed by atoms with Crippen molar-refractivity contribution in [3.05, 3.63) is 54.1 Å². The van der Waals surface area contributed by atoms with Crippen LogP contribution in [0.4, 0.5) is 5.69 Å². The number of hydrogen-bond donors (Lipinski definition) is 1. The molecule has 1 N–H and O–H groups in total. The van der Waals surface area contributed by atoms with Crippen LogP contribution in [-0.2, 0) is 9.53 Å². The van der Waals surface area contributed by atoms with Gasteiger partial charge in [0.05, 0.1) is 12.2 Å². The van der Waals surface area contributed by atoms with Crippen LogP contribution in [0.3, 0.4) is 0 Å². The SMILES string of the molecule is CCOC(=O)c1cccc(NC(=O)[C@@H]2COc3ccccc3O2)c1. The maximum atomic E-state index is 12.4. The molecule has 1 heterocycles. The molecule has 0 saturated carbocycles. The smallest absolute Gasteiger partial charge is 0.338 e. The van der Waals surface area contributed by atoms with E-state index in [2.05, 4.69) is 5.32 Å². The first kappa shape index (κ1) is 15.9.